The monoisotopic (exact) mass is 239 g/mol. The lowest BCUT2D eigenvalue weighted by Crippen LogP contribution is -2.47. The van der Waals surface area contributed by atoms with Crippen LogP contribution in [0.5, 0.6) is 5.75 Å². The topological polar surface area (TPSA) is 41.5 Å². The van der Waals surface area contributed by atoms with Gasteiger partial charge in [-0.2, -0.15) is 0 Å². The number of halogens is 1. The third-order valence-corrected chi connectivity index (χ3v) is 3.53. The molecule has 1 aliphatic carbocycles. The normalized spacial score (nSPS) is 17.8. The summed E-state index contributed by atoms with van der Waals surface area (Å²) in [4.78, 5) is 0. The fraction of sp³-hybridized carbons (Fsp3) is 0.538. The fourth-order valence-electron chi connectivity index (χ4n) is 2.15. The molecule has 0 aliphatic heterocycles. The van der Waals surface area contributed by atoms with Gasteiger partial charge in [-0.3, -0.25) is 0 Å². The van der Waals surface area contributed by atoms with Crippen LogP contribution in [0.25, 0.3) is 0 Å². The predicted octanol–water partition coefficient (Wildman–Crippen LogP) is 2.19. The van der Waals surface area contributed by atoms with Gasteiger partial charge in [-0.05, 0) is 25.3 Å². The Bertz CT molecular complexity index is 385. The zero-order valence-corrected chi connectivity index (χ0v) is 10.0. The molecular weight excluding hydrogens is 221 g/mol. The number of rotatable bonds is 5. The fourth-order valence-corrected chi connectivity index (χ4v) is 2.15. The van der Waals surface area contributed by atoms with Crippen LogP contribution in [0.1, 0.15) is 24.8 Å². The number of phenolic OH excluding ortho intramolecular Hbond substituents is 1. The van der Waals surface area contributed by atoms with E-state index in [2.05, 4.69) is 5.32 Å². The van der Waals surface area contributed by atoms with Crippen LogP contribution in [-0.2, 0) is 11.3 Å². The lowest BCUT2D eigenvalue weighted by molar-refractivity contribution is -0.0695. The van der Waals surface area contributed by atoms with Crippen LogP contribution in [0.2, 0.25) is 0 Å². The summed E-state index contributed by atoms with van der Waals surface area (Å²) in [7, 11) is 1.72. The van der Waals surface area contributed by atoms with Crippen molar-refractivity contribution in [3.05, 3.63) is 29.6 Å². The van der Waals surface area contributed by atoms with Crippen LogP contribution in [0.4, 0.5) is 4.39 Å². The molecule has 0 unspecified atom stereocenters. The average molecular weight is 239 g/mol. The Morgan fingerprint density at radius 2 is 2.24 bits per heavy atom. The van der Waals surface area contributed by atoms with Gasteiger partial charge in [0.1, 0.15) is 0 Å². The van der Waals surface area contributed by atoms with Gasteiger partial charge in [0.05, 0.1) is 5.60 Å². The Morgan fingerprint density at radius 1 is 1.47 bits per heavy atom. The third kappa shape index (κ3) is 2.58. The van der Waals surface area contributed by atoms with Gasteiger partial charge in [0.15, 0.2) is 11.6 Å². The van der Waals surface area contributed by atoms with E-state index in [1.54, 1.807) is 19.2 Å². The van der Waals surface area contributed by atoms with E-state index in [4.69, 9.17) is 4.74 Å². The second-order valence-electron chi connectivity index (χ2n) is 4.59. The maximum Gasteiger partial charge on any atom is 0.165 e. The molecule has 1 saturated carbocycles. The number of hydrogen-bond acceptors (Lipinski definition) is 3. The second-order valence-corrected chi connectivity index (χ2v) is 4.59. The van der Waals surface area contributed by atoms with Gasteiger partial charge in [0.25, 0.3) is 0 Å². The maximum absolute atomic E-state index is 13.1. The number of phenols is 1. The van der Waals surface area contributed by atoms with E-state index in [1.807, 2.05) is 0 Å². The van der Waals surface area contributed by atoms with Crippen LogP contribution in [0, 0.1) is 5.82 Å². The van der Waals surface area contributed by atoms with E-state index in [1.165, 1.54) is 12.5 Å². The molecule has 2 N–H and O–H groups in total. The van der Waals surface area contributed by atoms with Gasteiger partial charge >= 0.3 is 0 Å². The van der Waals surface area contributed by atoms with Crippen LogP contribution >= 0.6 is 0 Å². The average Bonchev–Trinajstić information content (AvgIpc) is 2.28. The Balaban J connectivity index is 1.88. The van der Waals surface area contributed by atoms with Crippen molar-refractivity contribution in [1.82, 2.24) is 5.32 Å². The van der Waals surface area contributed by atoms with E-state index in [-0.39, 0.29) is 11.4 Å². The highest BCUT2D eigenvalue weighted by Gasteiger charge is 2.36. The molecule has 17 heavy (non-hydrogen) atoms. The van der Waals surface area contributed by atoms with Crippen LogP contribution in [0.15, 0.2) is 18.2 Å². The van der Waals surface area contributed by atoms with E-state index in [0.717, 1.165) is 19.4 Å². The molecule has 94 valence electrons. The zero-order valence-electron chi connectivity index (χ0n) is 10.0. The molecule has 0 saturated heterocycles. The third-order valence-electron chi connectivity index (χ3n) is 3.53. The molecule has 1 aromatic rings. The van der Waals surface area contributed by atoms with Crippen LogP contribution in [-0.4, -0.2) is 24.4 Å². The standard InChI is InChI=1S/C13H18FNO2/c1-17-13(6-3-7-13)9-15-8-10-4-2-5-11(14)12(10)16/h2,4-5,15-16H,3,6-9H2,1H3. The van der Waals surface area contributed by atoms with Gasteiger partial charge < -0.3 is 15.2 Å². The van der Waals surface area contributed by atoms with E-state index in [9.17, 15) is 9.50 Å². The largest absolute Gasteiger partial charge is 0.505 e. The summed E-state index contributed by atoms with van der Waals surface area (Å²) in [6, 6.07) is 4.56. The van der Waals surface area contributed by atoms with Gasteiger partial charge in [-0.15, -0.1) is 0 Å². The summed E-state index contributed by atoms with van der Waals surface area (Å²) in [6.45, 7) is 1.19. The number of nitrogens with one attached hydrogen (secondary N) is 1. The number of para-hydroxylation sites is 1. The molecule has 3 nitrogen and oxygen atoms in total. The van der Waals surface area contributed by atoms with Crippen molar-refractivity contribution in [2.45, 2.75) is 31.4 Å². The lowest BCUT2D eigenvalue weighted by atomic mass is 9.80. The molecule has 4 heteroatoms. The number of benzene rings is 1. The Morgan fingerprint density at radius 3 is 2.82 bits per heavy atom. The summed E-state index contributed by atoms with van der Waals surface area (Å²) in [6.07, 6.45) is 3.32. The van der Waals surface area contributed by atoms with Crippen LogP contribution in [0.3, 0.4) is 0 Å². The minimum Gasteiger partial charge on any atom is -0.505 e. The van der Waals surface area contributed by atoms with Crippen molar-refractivity contribution in [1.29, 1.82) is 0 Å². The predicted molar refractivity (Wildman–Crippen MR) is 63.4 cm³/mol. The van der Waals surface area contributed by atoms with Crippen LogP contribution < -0.4 is 5.32 Å². The first kappa shape index (κ1) is 12.3. The SMILES string of the molecule is COC1(CNCc2cccc(F)c2O)CCC1. The number of ether oxygens (including phenoxy) is 1. The molecule has 1 aromatic carbocycles. The van der Waals surface area contributed by atoms with E-state index >= 15 is 0 Å². The van der Waals surface area contributed by atoms with Crippen molar-refractivity contribution in [3.63, 3.8) is 0 Å². The second kappa shape index (κ2) is 5.02. The van der Waals surface area contributed by atoms with Gasteiger partial charge in [-0.25, -0.2) is 4.39 Å². The molecule has 0 atom stereocenters. The van der Waals surface area contributed by atoms with Crippen molar-refractivity contribution < 1.29 is 14.2 Å². The van der Waals surface area contributed by atoms with Crippen molar-refractivity contribution in [3.8, 4) is 5.75 Å². The quantitative estimate of drug-likeness (QED) is 0.827. The lowest BCUT2D eigenvalue weighted by Gasteiger charge is -2.40. The molecule has 0 bridgehead atoms. The first-order valence-electron chi connectivity index (χ1n) is 5.89. The molecule has 0 amide bonds. The van der Waals surface area contributed by atoms with E-state index < -0.39 is 5.82 Å². The highest BCUT2D eigenvalue weighted by Crippen LogP contribution is 2.34. The van der Waals surface area contributed by atoms with E-state index in [0.29, 0.717) is 12.1 Å². The first-order chi connectivity index (χ1) is 8.17. The Kier molecular flexibility index (Phi) is 3.64. The molecule has 0 aromatic heterocycles. The summed E-state index contributed by atoms with van der Waals surface area (Å²) < 4.78 is 18.5. The van der Waals surface area contributed by atoms with Gasteiger partial charge in [-0.1, -0.05) is 12.1 Å². The minimum absolute atomic E-state index is 0.0526. The minimum atomic E-state index is -0.575. The molecule has 0 heterocycles. The summed E-state index contributed by atoms with van der Waals surface area (Å²) in [5, 5.41) is 12.7. The molecule has 2 rings (SSSR count). The highest BCUT2D eigenvalue weighted by molar-refractivity contribution is 5.33. The molecule has 0 spiro atoms. The zero-order chi connectivity index (χ0) is 12.3. The summed E-state index contributed by atoms with van der Waals surface area (Å²) >= 11 is 0. The van der Waals surface area contributed by atoms with Gasteiger partial charge in [0, 0.05) is 25.8 Å². The van der Waals surface area contributed by atoms with Gasteiger partial charge in [0.2, 0.25) is 0 Å². The Hall–Kier alpha value is -1.13. The molecule has 1 aliphatic rings. The summed E-state index contributed by atoms with van der Waals surface area (Å²) in [5.41, 5.74) is 0.527. The smallest absolute Gasteiger partial charge is 0.165 e. The number of hydrogen-bond donors (Lipinski definition) is 2. The highest BCUT2D eigenvalue weighted by atomic mass is 19.1. The summed E-state index contributed by atoms with van der Waals surface area (Å²) in [5.74, 6) is -0.838. The molecule has 1 fully saturated rings. The molecule has 0 radical (unpaired) electrons. The molecular formula is C13H18FNO2. The maximum atomic E-state index is 13.1. The van der Waals surface area contributed by atoms with Crippen molar-refractivity contribution >= 4 is 0 Å². The number of aromatic hydroxyl groups is 1. The first-order valence-corrected chi connectivity index (χ1v) is 5.89. The van der Waals surface area contributed by atoms with Crippen molar-refractivity contribution in [2.24, 2.45) is 0 Å². The number of methoxy groups -OCH3 is 1. The van der Waals surface area contributed by atoms with Crippen molar-refractivity contribution in [2.75, 3.05) is 13.7 Å². The Labute approximate surface area is 101 Å².